The van der Waals surface area contributed by atoms with Gasteiger partial charge in [-0.3, -0.25) is 4.98 Å². The molecule has 0 saturated carbocycles. The van der Waals surface area contributed by atoms with Gasteiger partial charge in [0.05, 0.1) is 6.10 Å². The number of aliphatic hydroxyl groups is 1. The molecule has 2 unspecified atom stereocenters. The lowest BCUT2D eigenvalue weighted by Crippen LogP contribution is -2.16. The van der Waals surface area contributed by atoms with Crippen LogP contribution in [0.2, 0.25) is 0 Å². The van der Waals surface area contributed by atoms with Crippen molar-refractivity contribution in [2.45, 2.75) is 33.8 Å². The van der Waals surface area contributed by atoms with Crippen LogP contribution in [0.15, 0.2) is 18.5 Å². The van der Waals surface area contributed by atoms with Crippen molar-refractivity contribution in [3.05, 3.63) is 29.6 Å². The van der Waals surface area contributed by atoms with Gasteiger partial charge < -0.3 is 5.11 Å². The zero-order valence-corrected chi connectivity index (χ0v) is 9.36. The van der Waals surface area contributed by atoms with Crippen LogP contribution in [0, 0.1) is 18.8 Å². The molecule has 0 aliphatic rings. The highest BCUT2D eigenvalue weighted by Crippen LogP contribution is 2.28. The van der Waals surface area contributed by atoms with Gasteiger partial charge in [0.1, 0.15) is 0 Å². The predicted molar refractivity (Wildman–Crippen MR) is 57.9 cm³/mol. The monoisotopic (exact) mass is 193 g/mol. The molecule has 1 N–H and O–H groups in total. The molecule has 1 aromatic rings. The molecule has 0 saturated heterocycles. The van der Waals surface area contributed by atoms with Crippen LogP contribution in [0.25, 0.3) is 0 Å². The summed E-state index contributed by atoms with van der Waals surface area (Å²) in [6, 6.07) is 1.94. The summed E-state index contributed by atoms with van der Waals surface area (Å²) in [7, 11) is 0. The van der Waals surface area contributed by atoms with E-state index in [2.05, 4.69) is 25.8 Å². The number of hydrogen-bond acceptors (Lipinski definition) is 2. The molecule has 0 bridgehead atoms. The summed E-state index contributed by atoms with van der Waals surface area (Å²) >= 11 is 0. The number of hydrogen-bond donors (Lipinski definition) is 1. The van der Waals surface area contributed by atoms with Gasteiger partial charge in [-0.15, -0.1) is 0 Å². The Kier molecular flexibility index (Phi) is 3.64. The van der Waals surface area contributed by atoms with E-state index in [0.717, 1.165) is 11.1 Å². The van der Waals surface area contributed by atoms with Crippen LogP contribution in [0.4, 0.5) is 0 Å². The van der Waals surface area contributed by atoms with Gasteiger partial charge in [-0.2, -0.15) is 0 Å². The largest absolute Gasteiger partial charge is 0.388 e. The van der Waals surface area contributed by atoms with Crippen molar-refractivity contribution >= 4 is 0 Å². The Labute approximate surface area is 86.0 Å². The van der Waals surface area contributed by atoms with E-state index in [4.69, 9.17) is 0 Å². The Morgan fingerprint density at radius 2 is 1.93 bits per heavy atom. The van der Waals surface area contributed by atoms with E-state index < -0.39 is 6.10 Å². The van der Waals surface area contributed by atoms with Gasteiger partial charge in [-0.1, -0.05) is 20.8 Å². The summed E-state index contributed by atoms with van der Waals surface area (Å²) in [5, 5.41) is 10.1. The third kappa shape index (κ3) is 2.32. The minimum atomic E-state index is -0.399. The van der Waals surface area contributed by atoms with E-state index in [0.29, 0.717) is 5.92 Å². The lowest BCUT2D eigenvalue weighted by molar-refractivity contribution is 0.0912. The predicted octanol–water partition coefficient (Wildman–Crippen LogP) is 2.72. The maximum atomic E-state index is 10.1. The summed E-state index contributed by atoms with van der Waals surface area (Å²) in [6.07, 6.45) is 3.12. The number of rotatable bonds is 3. The van der Waals surface area contributed by atoms with Crippen LogP contribution in [0.5, 0.6) is 0 Å². The second kappa shape index (κ2) is 4.56. The first kappa shape index (κ1) is 11.2. The van der Waals surface area contributed by atoms with Crippen LogP contribution in [0.1, 0.15) is 38.0 Å². The zero-order chi connectivity index (χ0) is 10.7. The van der Waals surface area contributed by atoms with Crippen LogP contribution in [0.3, 0.4) is 0 Å². The fourth-order valence-corrected chi connectivity index (χ4v) is 1.43. The minimum absolute atomic E-state index is 0.262. The maximum Gasteiger partial charge on any atom is 0.0835 e. The fourth-order valence-electron chi connectivity index (χ4n) is 1.43. The number of nitrogens with zero attached hydrogens (tertiary/aromatic N) is 1. The number of aliphatic hydroxyl groups excluding tert-OH is 1. The van der Waals surface area contributed by atoms with E-state index in [1.807, 2.05) is 13.0 Å². The fraction of sp³-hybridized carbons (Fsp3) is 0.583. The second-order valence-corrected chi connectivity index (χ2v) is 4.28. The van der Waals surface area contributed by atoms with Crippen molar-refractivity contribution in [1.29, 1.82) is 0 Å². The third-order valence-corrected chi connectivity index (χ3v) is 2.95. The molecule has 1 aromatic heterocycles. The normalized spacial score (nSPS) is 15.6. The van der Waals surface area contributed by atoms with Crippen molar-refractivity contribution in [3.63, 3.8) is 0 Å². The Balaban J connectivity index is 2.89. The lowest BCUT2D eigenvalue weighted by atomic mass is 9.87. The van der Waals surface area contributed by atoms with Crippen molar-refractivity contribution in [3.8, 4) is 0 Å². The molecule has 0 amide bonds. The summed E-state index contributed by atoms with van der Waals surface area (Å²) in [6.45, 7) is 8.33. The molecule has 0 aliphatic heterocycles. The molecular formula is C12H19NO. The number of aromatic nitrogens is 1. The smallest absolute Gasteiger partial charge is 0.0835 e. The average molecular weight is 193 g/mol. The van der Waals surface area contributed by atoms with E-state index >= 15 is 0 Å². The molecule has 2 heteroatoms. The van der Waals surface area contributed by atoms with Crippen molar-refractivity contribution in [2.24, 2.45) is 11.8 Å². The Hall–Kier alpha value is -0.890. The molecule has 1 heterocycles. The van der Waals surface area contributed by atoms with Crippen LogP contribution in [-0.4, -0.2) is 10.1 Å². The molecule has 0 fully saturated rings. The van der Waals surface area contributed by atoms with Gasteiger partial charge in [0.2, 0.25) is 0 Å². The van der Waals surface area contributed by atoms with Gasteiger partial charge in [-0.25, -0.2) is 0 Å². The van der Waals surface area contributed by atoms with Gasteiger partial charge in [-0.05, 0) is 30.4 Å². The van der Waals surface area contributed by atoms with Crippen LogP contribution < -0.4 is 0 Å². The average Bonchev–Trinajstić information content (AvgIpc) is 2.16. The van der Waals surface area contributed by atoms with Crippen molar-refractivity contribution in [1.82, 2.24) is 4.98 Å². The second-order valence-electron chi connectivity index (χ2n) is 4.28. The number of aryl methyl sites for hydroxylation is 1. The zero-order valence-electron chi connectivity index (χ0n) is 9.36. The topological polar surface area (TPSA) is 33.1 Å². The molecule has 1 rings (SSSR count). The van der Waals surface area contributed by atoms with Crippen molar-refractivity contribution < 1.29 is 5.11 Å². The van der Waals surface area contributed by atoms with Gasteiger partial charge in [0.25, 0.3) is 0 Å². The molecule has 2 nitrogen and oxygen atoms in total. The van der Waals surface area contributed by atoms with Gasteiger partial charge in [0, 0.05) is 18.0 Å². The Morgan fingerprint density at radius 3 is 2.43 bits per heavy atom. The third-order valence-electron chi connectivity index (χ3n) is 2.95. The highest BCUT2D eigenvalue weighted by Gasteiger charge is 2.20. The van der Waals surface area contributed by atoms with E-state index in [1.165, 1.54) is 0 Å². The molecule has 14 heavy (non-hydrogen) atoms. The first-order chi connectivity index (χ1) is 6.54. The minimum Gasteiger partial charge on any atom is -0.388 e. The first-order valence-electron chi connectivity index (χ1n) is 5.12. The summed E-state index contributed by atoms with van der Waals surface area (Å²) in [5.41, 5.74) is 2.06. The highest BCUT2D eigenvalue weighted by molar-refractivity contribution is 5.24. The highest BCUT2D eigenvalue weighted by atomic mass is 16.3. The van der Waals surface area contributed by atoms with E-state index in [-0.39, 0.29) is 5.92 Å². The van der Waals surface area contributed by atoms with E-state index in [9.17, 15) is 5.11 Å². The Bertz CT molecular complexity index is 296. The summed E-state index contributed by atoms with van der Waals surface area (Å²) in [5.74, 6) is 0.738. The molecule has 0 aliphatic carbocycles. The molecule has 0 radical (unpaired) electrons. The molecular weight excluding hydrogens is 174 g/mol. The van der Waals surface area contributed by atoms with Crippen molar-refractivity contribution in [2.75, 3.05) is 0 Å². The van der Waals surface area contributed by atoms with Gasteiger partial charge in [0.15, 0.2) is 0 Å². The van der Waals surface area contributed by atoms with E-state index in [1.54, 1.807) is 12.4 Å². The number of pyridine rings is 1. The quantitative estimate of drug-likeness (QED) is 0.800. The molecule has 0 aromatic carbocycles. The van der Waals surface area contributed by atoms with Crippen LogP contribution >= 0.6 is 0 Å². The van der Waals surface area contributed by atoms with Crippen LogP contribution in [-0.2, 0) is 0 Å². The molecule has 2 atom stereocenters. The summed E-state index contributed by atoms with van der Waals surface area (Å²) in [4.78, 5) is 4.05. The van der Waals surface area contributed by atoms with Gasteiger partial charge >= 0.3 is 0 Å². The molecule has 0 spiro atoms. The molecule has 78 valence electrons. The SMILES string of the molecule is Cc1ccncc1C(O)C(C)C(C)C. The maximum absolute atomic E-state index is 10.1. The standard InChI is InChI=1S/C12H19NO/c1-8(2)10(4)12(14)11-7-13-6-5-9(11)3/h5-8,10,12,14H,1-4H3. The lowest BCUT2D eigenvalue weighted by Gasteiger charge is -2.23. The first-order valence-corrected chi connectivity index (χ1v) is 5.12. The Morgan fingerprint density at radius 1 is 1.29 bits per heavy atom. The summed E-state index contributed by atoms with van der Waals surface area (Å²) < 4.78 is 0.